The maximum atomic E-state index is 14.6. The SMILES string of the molecule is CCOc1ccc(C(C)(C)C)cc1S(=O)(=O)NC(=O)c1cc2c(F)cc(N3CCC3)cc2o1. The van der Waals surface area contributed by atoms with Crippen LogP contribution in [0.15, 0.2) is 45.7 Å². The Morgan fingerprint density at radius 1 is 1.18 bits per heavy atom. The van der Waals surface area contributed by atoms with Crippen molar-refractivity contribution in [1.29, 1.82) is 0 Å². The Hall–Kier alpha value is -3.07. The molecule has 3 aromatic rings. The van der Waals surface area contributed by atoms with Crippen LogP contribution in [0.4, 0.5) is 10.1 Å². The van der Waals surface area contributed by atoms with Gasteiger partial charge < -0.3 is 14.1 Å². The highest BCUT2D eigenvalue weighted by molar-refractivity contribution is 7.90. The molecule has 0 unspecified atom stereocenters. The fraction of sp³-hybridized carbons (Fsp3) is 0.375. The van der Waals surface area contributed by atoms with Crippen LogP contribution in [0.25, 0.3) is 11.0 Å². The molecule has 0 atom stereocenters. The Kier molecular flexibility index (Phi) is 5.86. The Labute approximate surface area is 192 Å². The van der Waals surface area contributed by atoms with Crippen LogP contribution in [0.5, 0.6) is 5.75 Å². The van der Waals surface area contributed by atoms with Gasteiger partial charge in [-0.25, -0.2) is 17.5 Å². The molecule has 9 heteroatoms. The maximum absolute atomic E-state index is 14.6. The topological polar surface area (TPSA) is 88.8 Å². The molecule has 1 amide bonds. The molecule has 0 spiro atoms. The number of amides is 1. The van der Waals surface area contributed by atoms with Gasteiger partial charge in [-0.1, -0.05) is 26.8 Å². The van der Waals surface area contributed by atoms with Gasteiger partial charge in [0.05, 0.1) is 12.0 Å². The summed E-state index contributed by atoms with van der Waals surface area (Å²) in [6, 6.07) is 9.13. The summed E-state index contributed by atoms with van der Waals surface area (Å²) in [6.45, 7) is 9.51. The van der Waals surface area contributed by atoms with Crippen molar-refractivity contribution in [3.05, 3.63) is 53.5 Å². The second-order valence-corrected chi connectivity index (χ2v) is 10.7. The quantitative estimate of drug-likeness (QED) is 0.562. The molecule has 2 heterocycles. The van der Waals surface area contributed by atoms with Crippen LogP contribution in [0.1, 0.15) is 50.2 Å². The normalized spacial score (nSPS) is 14.3. The highest BCUT2D eigenvalue weighted by atomic mass is 32.2. The van der Waals surface area contributed by atoms with Crippen LogP contribution in [-0.2, 0) is 15.4 Å². The summed E-state index contributed by atoms with van der Waals surface area (Å²) < 4.78 is 53.9. The molecule has 0 radical (unpaired) electrons. The van der Waals surface area contributed by atoms with Crippen molar-refractivity contribution < 1.29 is 26.8 Å². The lowest BCUT2D eigenvalue weighted by atomic mass is 9.87. The van der Waals surface area contributed by atoms with E-state index in [1.54, 1.807) is 25.1 Å². The molecule has 1 fully saturated rings. The predicted molar refractivity (Wildman–Crippen MR) is 124 cm³/mol. The standard InChI is InChI=1S/C24H27FN2O5S/c1-5-31-19-8-7-15(24(2,3)4)11-22(19)33(29,30)26-23(28)21-14-17-18(25)12-16(13-20(17)32-21)27-9-6-10-27/h7-8,11-14H,5-6,9-10H2,1-4H3,(H,26,28). The van der Waals surface area contributed by atoms with Gasteiger partial charge in [-0.05, 0) is 42.5 Å². The van der Waals surface area contributed by atoms with Gasteiger partial charge >= 0.3 is 5.91 Å². The van der Waals surface area contributed by atoms with Crippen LogP contribution in [0, 0.1) is 5.82 Å². The number of carbonyl (C=O) groups is 1. The third-order valence-corrected chi connectivity index (χ3v) is 7.00. The van der Waals surface area contributed by atoms with Crippen LogP contribution in [-0.4, -0.2) is 34.0 Å². The minimum atomic E-state index is -4.29. The molecule has 2 aromatic carbocycles. The molecule has 4 rings (SSSR count). The largest absolute Gasteiger partial charge is 0.492 e. The number of carbonyl (C=O) groups excluding carboxylic acids is 1. The fourth-order valence-corrected chi connectivity index (χ4v) is 4.77. The summed E-state index contributed by atoms with van der Waals surface area (Å²) in [5.41, 5.74) is 1.30. The number of nitrogens with zero attached hydrogens (tertiary/aromatic N) is 1. The van der Waals surface area contributed by atoms with Gasteiger partial charge in [-0.15, -0.1) is 0 Å². The van der Waals surface area contributed by atoms with Crippen LogP contribution in [0.2, 0.25) is 0 Å². The number of hydrogen-bond donors (Lipinski definition) is 1. The van der Waals surface area contributed by atoms with E-state index in [4.69, 9.17) is 9.15 Å². The molecule has 1 N–H and O–H groups in total. The van der Waals surface area contributed by atoms with Gasteiger partial charge in [0, 0.05) is 30.9 Å². The van der Waals surface area contributed by atoms with Crippen molar-refractivity contribution in [3.8, 4) is 5.75 Å². The van der Waals surface area contributed by atoms with Crippen molar-refractivity contribution in [2.75, 3.05) is 24.6 Å². The van der Waals surface area contributed by atoms with Crippen LogP contribution < -0.4 is 14.4 Å². The number of halogens is 1. The van der Waals surface area contributed by atoms with Gasteiger partial charge in [0.1, 0.15) is 22.0 Å². The molecular weight excluding hydrogens is 447 g/mol. The number of rotatable bonds is 6. The lowest BCUT2D eigenvalue weighted by Crippen LogP contribution is -2.36. The highest BCUT2D eigenvalue weighted by Gasteiger charge is 2.28. The minimum Gasteiger partial charge on any atom is -0.492 e. The van der Waals surface area contributed by atoms with Crippen LogP contribution in [0.3, 0.4) is 0 Å². The van der Waals surface area contributed by atoms with E-state index in [2.05, 4.69) is 0 Å². The van der Waals surface area contributed by atoms with E-state index in [1.807, 2.05) is 30.4 Å². The number of benzene rings is 2. The lowest BCUT2D eigenvalue weighted by Gasteiger charge is -2.33. The molecular formula is C24H27FN2O5S. The summed E-state index contributed by atoms with van der Waals surface area (Å²) in [5.74, 6) is -1.67. The first-order valence-corrected chi connectivity index (χ1v) is 12.3. The average Bonchev–Trinajstić information content (AvgIpc) is 3.11. The van der Waals surface area contributed by atoms with Crippen molar-refractivity contribution in [2.45, 2.75) is 44.4 Å². The molecule has 0 aliphatic carbocycles. The number of anilines is 1. The average molecular weight is 475 g/mol. The zero-order chi connectivity index (χ0) is 24.0. The zero-order valence-electron chi connectivity index (χ0n) is 19.1. The lowest BCUT2D eigenvalue weighted by molar-refractivity contribution is 0.0956. The third-order valence-electron chi connectivity index (χ3n) is 5.64. The first-order valence-electron chi connectivity index (χ1n) is 10.8. The van der Waals surface area contributed by atoms with Gasteiger partial charge in [-0.2, -0.15) is 0 Å². The molecule has 7 nitrogen and oxygen atoms in total. The second kappa shape index (κ2) is 8.37. The number of sulfonamides is 1. The van der Waals surface area contributed by atoms with Gasteiger partial charge in [-0.3, -0.25) is 4.79 Å². The van der Waals surface area contributed by atoms with Crippen molar-refractivity contribution in [3.63, 3.8) is 0 Å². The Morgan fingerprint density at radius 3 is 2.52 bits per heavy atom. The molecule has 1 saturated heterocycles. The van der Waals surface area contributed by atoms with E-state index in [9.17, 15) is 17.6 Å². The van der Waals surface area contributed by atoms with E-state index < -0.39 is 21.7 Å². The first-order chi connectivity index (χ1) is 15.5. The van der Waals surface area contributed by atoms with E-state index in [1.165, 1.54) is 18.2 Å². The van der Waals surface area contributed by atoms with E-state index >= 15 is 0 Å². The summed E-state index contributed by atoms with van der Waals surface area (Å²) in [5, 5.41) is 0.117. The Morgan fingerprint density at radius 2 is 1.91 bits per heavy atom. The van der Waals surface area contributed by atoms with E-state index in [0.29, 0.717) is 5.69 Å². The summed E-state index contributed by atoms with van der Waals surface area (Å²) >= 11 is 0. The van der Waals surface area contributed by atoms with E-state index in [-0.39, 0.29) is 39.4 Å². The number of ether oxygens (including phenoxy) is 1. The summed E-state index contributed by atoms with van der Waals surface area (Å²) in [4.78, 5) is 14.6. The Bertz CT molecular complexity index is 1320. The van der Waals surface area contributed by atoms with Gasteiger partial charge in [0.25, 0.3) is 10.0 Å². The van der Waals surface area contributed by atoms with Crippen molar-refractivity contribution >= 4 is 32.6 Å². The van der Waals surface area contributed by atoms with Crippen molar-refractivity contribution in [1.82, 2.24) is 4.72 Å². The molecule has 176 valence electrons. The fourth-order valence-electron chi connectivity index (χ4n) is 3.64. The number of hydrogen-bond acceptors (Lipinski definition) is 6. The summed E-state index contributed by atoms with van der Waals surface area (Å²) in [6.07, 6.45) is 1.03. The van der Waals surface area contributed by atoms with Gasteiger partial charge in [0.15, 0.2) is 5.76 Å². The third kappa shape index (κ3) is 4.55. The molecule has 33 heavy (non-hydrogen) atoms. The maximum Gasteiger partial charge on any atom is 0.300 e. The van der Waals surface area contributed by atoms with Crippen LogP contribution >= 0.6 is 0 Å². The number of fused-ring (bicyclic) bond motifs is 1. The Balaban J connectivity index is 1.66. The van der Waals surface area contributed by atoms with Gasteiger partial charge in [0.2, 0.25) is 0 Å². The molecule has 0 saturated carbocycles. The summed E-state index contributed by atoms with van der Waals surface area (Å²) in [7, 11) is -4.29. The second-order valence-electron chi connectivity index (χ2n) is 9.07. The smallest absolute Gasteiger partial charge is 0.300 e. The zero-order valence-corrected chi connectivity index (χ0v) is 19.9. The predicted octanol–water partition coefficient (Wildman–Crippen LogP) is 4.60. The van der Waals surface area contributed by atoms with E-state index in [0.717, 1.165) is 25.1 Å². The molecule has 0 bridgehead atoms. The molecule has 1 aliphatic rings. The minimum absolute atomic E-state index is 0.117. The molecule has 1 aliphatic heterocycles. The number of nitrogens with one attached hydrogen (secondary N) is 1. The van der Waals surface area contributed by atoms with Crippen molar-refractivity contribution in [2.24, 2.45) is 0 Å². The monoisotopic (exact) mass is 474 g/mol. The first kappa shape index (κ1) is 23.1. The number of furan rings is 1. The molecule has 1 aromatic heterocycles. The highest BCUT2D eigenvalue weighted by Crippen LogP contribution is 2.32.